The Morgan fingerprint density at radius 2 is 1.83 bits per heavy atom. The number of nitrogens with zero attached hydrogens (tertiary/aromatic N) is 3. The first kappa shape index (κ1) is 14.4. The van der Waals surface area contributed by atoms with Crippen LogP contribution in [0.1, 0.15) is 11.5 Å². The van der Waals surface area contributed by atoms with E-state index in [1.54, 1.807) is 6.20 Å². The average molecular weight is 316 g/mol. The van der Waals surface area contributed by atoms with E-state index < -0.39 is 0 Å². The zero-order chi connectivity index (χ0) is 16.4. The summed E-state index contributed by atoms with van der Waals surface area (Å²) in [5, 5.41) is 12.7. The number of benzene rings is 2. The monoisotopic (exact) mass is 316 g/mol. The second kappa shape index (κ2) is 6.12. The molecule has 0 aliphatic heterocycles. The van der Waals surface area contributed by atoms with Gasteiger partial charge in [-0.1, -0.05) is 36.4 Å². The van der Waals surface area contributed by atoms with Crippen LogP contribution in [0.3, 0.4) is 0 Å². The standard InChI is InChI=1S/C19H16N4O/c1-13-6-2-3-9-15(13)19-23-22-17(24-19)12-21-16-10-4-7-14-8-5-11-20-18(14)16/h2-11,21H,12H2,1H3. The first-order valence-corrected chi connectivity index (χ1v) is 7.77. The molecule has 0 aliphatic rings. The number of pyridine rings is 1. The molecular formula is C19H16N4O. The topological polar surface area (TPSA) is 63.8 Å². The van der Waals surface area contributed by atoms with Crippen LogP contribution in [-0.4, -0.2) is 15.2 Å². The Morgan fingerprint density at radius 1 is 0.958 bits per heavy atom. The van der Waals surface area contributed by atoms with Gasteiger partial charge >= 0.3 is 0 Å². The molecule has 0 bridgehead atoms. The Bertz CT molecular complexity index is 988. The molecule has 4 rings (SSSR count). The molecule has 0 saturated heterocycles. The van der Waals surface area contributed by atoms with Crippen molar-refractivity contribution in [3.63, 3.8) is 0 Å². The molecule has 2 aromatic carbocycles. The van der Waals surface area contributed by atoms with E-state index in [4.69, 9.17) is 4.42 Å². The Morgan fingerprint density at radius 3 is 2.75 bits per heavy atom. The Kier molecular flexibility index (Phi) is 3.67. The molecule has 118 valence electrons. The summed E-state index contributed by atoms with van der Waals surface area (Å²) < 4.78 is 5.78. The van der Waals surface area contributed by atoms with Gasteiger partial charge in [-0.15, -0.1) is 10.2 Å². The minimum Gasteiger partial charge on any atom is -0.419 e. The summed E-state index contributed by atoms with van der Waals surface area (Å²) in [6, 6.07) is 18.0. The predicted octanol–water partition coefficient (Wildman–Crippen LogP) is 4.21. The molecule has 0 amide bonds. The molecule has 4 aromatic rings. The summed E-state index contributed by atoms with van der Waals surface area (Å²) in [5.74, 6) is 1.09. The van der Waals surface area contributed by atoms with Crippen LogP contribution in [-0.2, 0) is 6.54 Å². The second-order valence-electron chi connectivity index (χ2n) is 5.55. The third-order valence-electron chi connectivity index (χ3n) is 3.91. The Hall–Kier alpha value is -3.21. The van der Waals surface area contributed by atoms with Crippen LogP contribution in [0.25, 0.3) is 22.4 Å². The van der Waals surface area contributed by atoms with Crippen LogP contribution < -0.4 is 5.32 Å². The molecule has 2 heterocycles. The van der Waals surface area contributed by atoms with E-state index in [0.717, 1.165) is 27.7 Å². The Labute approximate surface area is 139 Å². The summed E-state index contributed by atoms with van der Waals surface area (Å²) >= 11 is 0. The number of hydrogen-bond donors (Lipinski definition) is 1. The molecule has 0 atom stereocenters. The van der Waals surface area contributed by atoms with Gasteiger partial charge in [0.25, 0.3) is 0 Å². The maximum atomic E-state index is 5.78. The summed E-state index contributed by atoms with van der Waals surface area (Å²) in [7, 11) is 0. The van der Waals surface area contributed by atoms with E-state index in [0.29, 0.717) is 18.3 Å². The summed E-state index contributed by atoms with van der Waals surface area (Å²) in [5.41, 5.74) is 3.95. The lowest BCUT2D eigenvalue weighted by Gasteiger charge is -2.06. The van der Waals surface area contributed by atoms with Gasteiger partial charge in [-0.2, -0.15) is 0 Å². The number of rotatable bonds is 4. The number of para-hydroxylation sites is 1. The zero-order valence-corrected chi connectivity index (χ0v) is 13.2. The molecule has 0 aliphatic carbocycles. The van der Waals surface area contributed by atoms with E-state index in [9.17, 15) is 0 Å². The van der Waals surface area contributed by atoms with E-state index in [2.05, 4.69) is 20.5 Å². The van der Waals surface area contributed by atoms with Crippen molar-refractivity contribution >= 4 is 16.6 Å². The van der Waals surface area contributed by atoms with Crippen molar-refractivity contribution in [3.8, 4) is 11.5 Å². The normalized spacial score (nSPS) is 10.9. The molecule has 24 heavy (non-hydrogen) atoms. The number of aromatic nitrogens is 3. The van der Waals surface area contributed by atoms with Crippen molar-refractivity contribution in [1.29, 1.82) is 0 Å². The molecule has 0 fully saturated rings. The van der Waals surface area contributed by atoms with Crippen LogP contribution in [0, 0.1) is 6.92 Å². The lowest BCUT2D eigenvalue weighted by Crippen LogP contribution is -2.00. The van der Waals surface area contributed by atoms with E-state index >= 15 is 0 Å². The molecule has 0 saturated carbocycles. The van der Waals surface area contributed by atoms with Crippen LogP contribution in [0.2, 0.25) is 0 Å². The maximum Gasteiger partial charge on any atom is 0.248 e. The van der Waals surface area contributed by atoms with Crippen LogP contribution in [0.5, 0.6) is 0 Å². The fraction of sp³-hybridized carbons (Fsp3) is 0.105. The summed E-state index contributed by atoms with van der Waals surface area (Å²) in [4.78, 5) is 4.43. The summed E-state index contributed by atoms with van der Waals surface area (Å²) in [6.07, 6.45) is 1.79. The average Bonchev–Trinajstić information content (AvgIpc) is 3.09. The number of anilines is 1. The third-order valence-corrected chi connectivity index (χ3v) is 3.91. The van der Waals surface area contributed by atoms with Crippen molar-refractivity contribution in [2.75, 3.05) is 5.32 Å². The lowest BCUT2D eigenvalue weighted by atomic mass is 10.1. The molecule has 0 radical (unpaired) electrons. The minimum absolute atomic E-state index is 0.453. The second-order valence-corrected chi connectivity index (χ2v) is 5.55. The SMILES string of the molecule is Cc1ccccc1-c1nnc(CNc2cccc3cccnc23)o1. The molecular weight excluding hydrogens is 300 g/mol. The Balaban J connectivity index is 1.56. The van der Waals surface area contributed by atoms with Crippen LogP contribution in [0.4, 0.5) is 5.69 Å². The van der Waals surface area contributed by atoms with Gasteiger partial charge in [0.15, 0.2) is 0 Å². The highest BCUT2D eigenvalue weighted by Gasteiger charge is 2.10. The number of aryl methyl sites for hydroxylation is 1. The molecule has 5 heteroatoms. The molecule has 1 N–H and O–H groups in total. The van der Waals surface area contributed by atoms with Crippen molar-refractivity contribution in [1.82, 2.24) is 15.2 Å². The van der Waals surface area contributed by atoms with Crippen molar-refractivity contribution in [3.05, 3.63) is 72.2 Å². The van der Waals surface area contributed by atoms with Crippen LogP contribution in [0.15, 0.2) is 65.2 Å². The van der Waals surface area contributed by atoms with Gasteiger partial charge < -0.3 is 9.73 Å². The zero-order valence-electron chi connectivity index (χ0n) is 13.2. The van der Waals surface area contributed by atoms with Gasteiger partial charge in [-0.25, -0.2) is 0 Å². The predicted molar refractivity (Wildman–Crippen MR) is 93.5 cm³/mol. The molecule has 0 spiro atoms. The van der Waals surface area contributed by atoms with E-state index in [1.165, 1.54) is 0 Å². The fourth-order valence-corrected chi connectivity index (χ4v) is 2.66. The number of fused-ring (bicyclic) bond motifs is 1. The van der Waals surface area contributed by atoms with Gasteiger partial charge in [0.1, 0.15) is 0 Å². The molecule has 2 aromatic heterocycles. The van der Waals surface area contributed by atoms with Crippen molar-refractivity contribution in [2.24, 2.45) is 0 Å². The first-order chi connectivity index (χ1) is 11.8. The largest absolute Gasteiger partial charge is 0.419 e. The molecule has 0 unspecified atom stereocenters. The molecule has 5 nitrogen and oxygen atoms in total. The fourth-order valence-electron chi connectivity index (χ4n) is 2.66. The smallest absolute Gasteiger partial charge is 0.248 e. The van der Waals surface area contributed by atoms with Gasteiger partial charge in [-0.3, -0.25) is 4.98 Å². The number of nitrogens with one attached hydrogen (secondary N) is 1. The quantitative estimate of drug-likeness (QED) is 0.611. The van der Waals surface area contributed by atoms with Gasteiger partial charge in [-0.05, 0) is 30.7 Å². The van der Waals surface area contributed by atoms with Gasteiger partial charge in [0, 0.05) is 17.1 Å². The van der Waals surface area contributed by atoms with Crippen LogP contribution >= 0.6 is 0 Å². The minimum atomic E-state index is 0.453. The van der Waals surface area contributed by atoms with Crippen molar-refractivity contribution in [2.45, 2.75) is 13.5 Å². The highest BCUT2D eigenvalue weighted by Crippen LogP contribution is 2.23. The van der Waals surface area contributed by atoms with Gasteiger partial charge in [0.2, 0.25) is 11.8 Å². The maximum absolute atomic E-state index is 5.78. The van der Waals surface area contributed by atoms with E-state index in [1.807, 2.05) is 61.5 Å². The lowest BCUT2D eigenvalue weighted by molar-refractivity contribution is 0.515. The highest BCUT2D eigenvalue weighted by atomic mass is 16.4. The van der Waals surface area contributed by atoms with Crippen molar-refractivity contribution < 1.29 is 4.42 Å². The van der Waals surface area contributed by atoms with Gasteiger partial charge in [0.05, 0.1) is 17.7 Å². The summed E-state index contributed by atoms with van der Waals surface area (Å²) in [6.45, 7) is 2.48. The third kappa shape index (κ3) is 2.72. The highest BCUT2D eigenvalue weighted by molar-refractivity contribution is 5.90. The van der Waals surface area contributed by atoms with E-state index in [-0.39, 0.29) is 0 Å². The number of hydrogen-bond acceptors (Lipinski definition) is 5. The first-order valence-electron chi connectivity index (χ1n) is 7.77.